The quantitative estimate of drug-likeness (QED) is 0.628. The zero-order valence-corrected chi connectivity index (χ0v) is 7.72. The Bertz CT molecular complexity index is 219. The molecule has 0 heterocycles. The third-order valence-corrected chi connectivity index (χ3v) is 3.51. The summed E-state index contributed by atoms with van der Waals surface area (Å²) in [7, 11) is -4.36. The molecular weight excluding hydrogens is 168 g/mol. The molecule has 0 aromatic rings. The summed E-state index contributed by atoms with van der Waals surface area (Å²) in [5.74, 6) is -0.512. The highest BCUT2D eigenvalue weighted by molar-refractivity contribution is 7.87. The second-order valence-electron chi connectivity index (χ2n) is 2.83. The first-order chi connectivity index (χ1) is 4.75. The summed E-state index contributed by atoms with van der Waals surface area (Å²) in [5, 5.41) is 9.40. The molecule has 1 atom stereocenters. The second-order valence-corrected chi connectivity index (χ2v) is 4.49. The van der Waals surface area contributed by atoms with E-state index in [9.17, 15) is 13.5 Å². The highest BCUT2D eigenvalue weighted by Crippen LogP contribution is 2.26. The average Bonchev–Trinajstić information content (AvgIpc) is 1.83. The normalized spacial score (nSPS) is 18.4. The van der Waals surface area contributed by atoms with Crippen LogP contribution in [0.25, 0.3) is 0 Å². The Morgan fingerprint density at radius 3 is 1.82 bits per heavy atom. The molecule has 0 aliphatic carbocycles. The van der Waals surface area contributed by atoms with Crippen molar-refractivity contribution >= 4 is 10.1 Å². The van der Waals surface area contributed by atoms with Gasteiger partial charge in [0.25, 0.3) is 10.1 Å². The molecule has 68 valence electrons. The first kappa shape index (κ1) is 10.9. The highest BCUT2D eigenvalue weighted by Gasteiger charge is 2.41. The Morgan fingerprint density at radius 2 is 1.82 bits per heavy atom. The van der Waals surface area contributed by atoms with Crippen molar-refractivity contribution in [3.63, 3.8) is 0 Å². The van der Waals surface area contributed by atoms with Crippen molar-refractivity contribution < 1.29 is 18.1 Å². The Hall–Kier alpha value is -0.130. The Morgan fingerprint density at radius 1 is 1.45 bits per heavy atom. The molecule has 0 aliphatic heterocycles. The van der Waals surface area contributed by atoms with Crippen molar-refractivity contribution in [1.82, 2.24) is 0 Å². The van der Waals surface area contributed by atoms with Gasteiger partial charge in [-0.2, -0.15) is 8.42 Å². The predicted octanol–water partition coefficient (Wildman–Crippen LogP) is 0.629. The lowest BCUT2D eigenvalue weighted by Gasteiger charge is -2.26. The van der Waals surface area contributed by atoms with E-state index in [0.717, 1.165) is 0 Å². The molecule has 0 spiro atoms. The maximum atomic E-state index is 10.6. The molecule has 11 heavy (non-hydrogen) atoms. The van der Waals surface area contributed by atoms with Crippen LogP contribution in [-0.4, -0.2) is 23.0 Å². The molecule has 0 aromatic carbocycles. The summed E-state index contributed by atoms with van der Waals surface area (Å²) in [4.78, 5) is -1.99. The lowest BCUT2D eigenvalue weighted by molar-refractivity contribution is 0.0632. The molecule has 0 fully saturated rings. The van der Waals surface area contributed by atoms with Crippen LogP contribution in [0, 0.1) is 5.92 Å². The van der Waals surface area contributed by atoms with Crippen molar-refractivity contribution in [2.24, 2.45) is 5.92 Å². The van der Waals surface area contributed by atoms with Gasteiger partial charge >= 0.3 is 0 Å². The van der Waals surface area contributed by atoms with Gasteiger partial charge in [-0.3, -0.25) is 4.55 Å². The minimum absolute atomic E-state index is 0.0104. The van der Waals surface area contributed by atoms with Gasteiger partial charge in [-0.25, -0.2) is 0 Å². The van der Waals surface area contributed by atoms with Gasteiger partial charge in [0, 0.05) is 0 Å². The van der Waals surface area contributed by atoms with Crippen LogP contribution in [0.3, 0.4) is 0 Å². The molecule has 0 saturated heterocycles. The summed E-state index contributed by atoms with van der Waals surface area (Å²) in [5.41, 5.74) is 0. The van der Waals surface area contributed by atoms with E-state index < -0.39 is 21.0 Å². The van der Waals surface area contributed by atoms with Crippen molar-refractivity contribution in [2.45, 2.75) is 32.1 Å². The molecule has 4 nitrogen and oxygen atoms in total. The molecular formula is C6H14O4S. The third-order valence-electron chi connectivity index (χ3n) is 1.86. The van der Waals surface area contributed by atoms with Crippen LogP contribution in [-0.2, 0) is 10.1 Å². The predicted molar refractivity (Wildman–Crippen MR) is 41.6 cm³/mol. The van der Waals surface area contributed by atoms with Crippen LogP contribution in [0.2, 0.25) is 0 Å². The Labute approximate surface area is 67.0 Å². The first-order valence-corrected chi connectivity index (χ1v) is 4.89. The maximum absolute atomic E-state index is 10.6. The van der Waals surface area contributed by atoms with Crippen LogP contribution >= 0.6 is 0 Å². The molecule has 0 bridgehead atoms. The third kappa shape index (κ3) is 1.91. The molecule has 2 N–H and O–H groups in total. The fourth-order valence-electron chi connectivity index (χ4n) is 0.889. The van der Waals surface area contributed by atoms with Crippen molar-refractivity contribution in [1.29, 1.82) is 0 Å². The zero-order valence-electron chi connectivity index (χ0n) is 6.90. The van der Waals surface area contributed by atoms with E-state index in [2.05, 4.69) is 0 Å². The topological polar surface area (TPSA) is 74.6 Å². The van der Waals surface area contributed by atoms with Crippen LogP contribution in [0.4, 0.5) is 0 Å². The van der Waals surface area contributed by atoms with Crippen LogP contribution in [0.15, 0.2) is 0 Å². The molecule has 1 unspecified atom stereocenters. The van der Waals surface area contributed by atoms with E-state index >= 15 is 0 Å². The van der Waals surface area contributed by atoms with Gasteiger partial charge in [-0.05, 0) is 12.3 Å². The SMILES string of the molecule is CCC(O)(C(C)C)S(=O)(=O)O. The molecule has 0 amide bonds. The fraction of sp³-hybridized carbons (Fsp3) is 1.00. The van der Waals surface area contributed by atoms with E-state index in [1.807, 2.05) is 0 Å². The van der Waals surface area contributed by atoms with E-state index in [4.69, 9.17) is 4.55 Å². The number of hydrogen-bond acceptors (Lipinski definition) is 3. The molecule has 0 aliphatic rings. The van der Waals surface area contributed by atoms with Crippen molar-refractivity contribution in [3.05, 3.63) is 0 Å². The lowest BCUT2D eigenvalue weighted by Crippen LogP contribution is -2.42. The summed E-state index contributed by atoms with van der Waals surface area (Å²) >= 11 is 0. The van der Waals surface area contributed by atoms with Crippen LogP contribution < -0.4 is 0 Å². The van der Waals surface area contributed by atoms with Gasteiger partial charge in [0.2, 0.25) is 0 Å². The number of hydrogen-bond donors (Lipinski definition) is 2. The Kier molecular flexibility index (Phi) is 3.05. The summed E-state index contributed by atoms with van der Waals surface area (Å²) < 4.78 is 29.9. The Balaban J connectivity index is 4.92. The lowest BCUT2D eigenvalue weighted by atomic mass is 10.0. The van der Waals surface area contributed by atoms with E-state index in [0.29, 0.717) is 0 Å². The maximum Gasteiger partial charge on any atom is 0.295 e. The van der Waals surface area contributed by atoms with Crippen LogP contribution in [0.5, 0.6) is 0 Å². The molecule has 5 heteroatoms. The number of rotatable bonds is 3. The minimum atomic E-state index is -4.36. The zero-order chi connectivity index (χ0) is 9.28. The van der Waals surface area contributed by atoms with E-state index in [-0.39, 0.29) is 6.42 Å². The van der Waals surface area contributed by atoms with Gasteiger partial charge in [-0.15, -0.1) is 0 Å². The van der Waals surface area contributed by atoms with Crippen LogP contribution in [0.1, 0.15) is 27.2 Å². The van der Waals surface area contributed by atoms with Crippen molar-refractivity contribution in [3.8, 4) is 0 Å². The summed E-state index contributed by atoms with van der Waals surface area (Å²) in [6.45, 7) is 4.59. The van der Waals surface area contributed by atoms with Gasteiger partial charge < -0.3 is 5.11 Å². The van der Waals surface area contributed by atoms with Gasteiger partial charge in [0.05, 0.1) is 0 Å². The first-order valence-electron chi connectivity index (χ1n) is 3.45. The summed E-state index contributed by atoms with van der Waals surface area (Å²) in [6, 6.07) is 0. The average molecular weight is 182 g/mol. The monoisotopic (exact) mass is 182 g/mol. The van der Waals surface area contributed by atoms with Gasteiger partial charge in [-0.1, -0.05) is 20.8 Å². The summed E-state index contributed by atoms with van der Waals surface area (Å²) in [6.07, 6.45) is -0.0104. The largest absolute Gasteiger partial charge is 0.372 e. The molecule has 0 saturated carbocycles. The molecule has 0 aromatic heterocycles. The number of aliphatic hydroxyl groups is 1. The fourth-order valence-corrected chi connectivity index (χ4v) is 1.85. The van der Waals surface area contributed by atoms with Gasteiger partial charge in [0.15, 0.2) is 4.93 Å². The molecule has 0 rings (SSSR count). The highest BCUT2D eigenvalue weighted by atomic mass is 32.2. The van der Waals surface area contributed by atoms with E-state index in [1.165, 1.54) is 20.8 Å². The standard InChI is InChI=1S/C6H14O4S/c1-4-6(7,5(2)3)11(8,9)10/h5,7H,4H2,1-3H3,(H,8,9,10). The molecule has 0 radical (unpaired) electrons. The smallest absolute Gasteiger partial charge is 0.295 e. The van der Waals surface area contributed by atoms with E-state index in [1.54, 1.807) is 0 Å². The second kappa shape index (κ2) is 3.08. The van der Waals surface area contributed by atoms with Gasteiger partial charge in [0.1, 0.15) is 0 Å². The van der Waals surface area contributed by atoms with Crippen molar-refractivity contribution in [2.75, 3.05) is 0 Å². The minimum Gasteiger partial charge on any atom is -0.372 e.